The molecule has 160 valence electrons. The van der Waals surface area contributed by atoms with Gasteiger partial charge in [0.2, 0.25) is 0 Å². The van der Waals surface area contributed by atoms with Crippen LogP contribution < -0.4 is 5.11 Å². The number of rotatable bonds is 15. The average Bonchev–Trinajstić information content (AvgIpc) is 2.64. The van der Waals surface area contributed by atoms with E-state index in [-0.39, 0.29) is 23.5 Å². The third kappa shape index (κ3) is 32.8. The quantitative estimate of drug-likeness (QED) is 0.122. The summed E-state index contributed by atoms with van der Waals surface area (Å²) in [6.07, 6.45) is 23.1. The van der Waals surface area contributed by atoms with Gasteiger partial charge in [0, 0.05) is 12.0 Å². The number of carbonyl (C=O) groups excluding carboxylic acids is 2. The molecule has 0 amide bonds. The van der Waals surface area contributed by atoms with Crippen LogP contribution in [0.5, 0.6) is 0 Å². The third-order valence-electron chi connectivity index (χ3n) is 3.70. The predicted octanol–water partition coefficient (Wildman–Crippen LogP) is 4.89. The van der Waals surface area contributed by atoms with Gasteiger partial charge in [-0.2, -0.15) is 0 Å². The van der Waals surface area contributed by atoms with E-state index in [2.05, 4.69) is 42.5 Å². The van der Waals surface area contributed by atoms with Crippen LogP contribution in [-0.2, 0) is 31.4 Å². The van der Waals surface area contributed by atoms with Gasteiger partial charge in [-0.1, -0.05) is 69.9 Å². The molecule has 0 N–H and O–H groups in total. The fraction of sp³-hybridized carbons (Fsp3) is 0.636. The fourth-order valence-electron chi connectivity index (χ4n) is 2.16. The van der Waals surface area contributed by atoms with Crippen molar-refractivity contribution in [1.82, 2.24) is 0 Å². The van der Waals surface area contributed by atoms with E-state index in [1.807, 2.05) is 0 Å². The normalized spacial score (nSPS) is 10.1. The Hall–Kier alpha value is -1.32. The number of ether oxygens (including phenoxy) is 1. The van der Waals surface area contributed by atoms with Crippen LogP contribution in [0.4, 0.5) is 0 Å². The first-order valence-electron chi connectivity index (χ1n) is 9.78. The van der Waals surface area contributed by atoms with Crippen LogP contribution in [0.25, 0.3) is 0 Å². The summed E-state index contributed by atoms with van der Waals surface area (Å²) in [6, 6.07) is 0. The van der Waals surface area contributed by atoms with Crippen molar-refractivity contribution < 1.29 is 36.5 Å². The molecule has 0 fully saturated rings. The Balaban J connectivity index is -0.000000709. The zero-order valence-corrected chi connectivity index (χ0v) is 18.0. The molecule has 0 radical (unpaired) electrons. The second-order valence-electron chi connectivity index (χ2n) is 6.08. The molecular formula is C22H37CuO4. The molecule has 0 unspecified atom stereocenters. The van der Waals surface area contributed by atoms with E-state index in [0.717, 1.165) is 38.2 Å². The zero-order valence-electron chi connectivity index (χ0n) is 17.0. The van der Waals surface area contributed by atoms with Gasteiger partial charge in [-0.25, -0.2) is 4.79 Å². The van der Waals surface area contributed by atoms with E-state index < -0.39 is 11.9 Å². The molecule has 4 nitrogen and oxygen atoms in total. The molecule has 0 aliphatic heterocycles. The Morgan fingerprint density at radius 3 is 1.85 bits per heavy atom. The Morgan fingerprint density at radius 1 is 0.889 bits per heavy atom. The van der Waals surface area contributed by atoms with Crippen molar-refractivity contribution in [3.63, 3.8) is 0 Å². The van der Waals surface area contributed by atoms with Crippen LogP contribution in [-0.4, -0.2) is 19.0 Å². The summed E-state index contributed by atoms with van der Waals surface area (Å²) in [7, 11) is 1.31. The Labute approximate surface area is 176 Å². The maximum absolute atomic E-state index is 10.2. The summed E-state index contributed by atoms with van der Waals surface area (Å²) in [5.41, 5.74) is 0. The molecule has 5 heteroatoms. The van der Waals surface area contributed by atoms with Gasteiger partial charge < -0.3 is 14.6 Å². The van der Waals surface area contributed by atoms with E-state index in [0.29, 0.717) is 0 Å². The summed E-state index contributed by atoms with van der Waals surface area (Å²) < 4.78 is 4.14. The van der Waals surface area contributed by atoms with E-state index in [4.69, 9.17) is 0 Å². The van der Waals surface area contributed by atoms with Crippen LogP contribution >= 0.6 is 0 Å². The number of hydrogen-bond donors (Lipinski definition) is 0. The zero-order chi connectivity index (χ0) is 19.9. The smallest absolute Gasteiger partial charge is 0.550 e. The second-order valence-corrected chi connectivity index (χ2v) is 6.08. The van der Waals surface area contributed by atoms with Crippen molar-refractivity contribution in [2.75, 3.05) is 7.11 Å². The van der Waals surface area contributed by atoms with Crippen molar-refractivity contribution in [2.45, 2.75) is 84.0 Å². The molecule has 0 atom stereocenters. The van der Waals surface area contributed by atoms with Gasteiger partial charge in [0.25, 0.3) is 0 Å². The van der Waals surface area contributed by atoms with Gasteiger partial charge in [-0.15, -0.1) is 0 Å². The molecule has 0 spiro atoms. The largest absolute Gasteiger partial charge is 1.00 e. The van der Waals surface area contributed by atoms with Crippen molar-refractivity contribution in [2.24, 2.45) is 0 Å². The molecule has 0 aromatic rings. The summed E-state index contributed by atoms with van der Waals surface area (Å²) in [5, 5.41) is 10.2. The van der Waals surface area contributed by atoms with Crippen LogP contribution in [0.2, 0.25) is 0 Å². The number of carbonyl (C=O) groups is 2. The van der Waals surface area contributed by atoms with Crippen LogP contribution in [0, 0.1) is 0 Å². The topological polar surface area (TPSA) is 66.4 Å². The Bertz CT molecular complexity index is 403. The first kappa shape index (κ1) is 30.4. The molecule has 0 aliphatic carbocycles. The Morgan fingerprint density at radius 2 is 1.41 bits per heavy atom. The fourth-order valence-corrected chi connectivity index (χ4v) is 2.16. The number of methoxy groups -OCH3 is 1. The molecule has 0 saturated heterocycles. The maximum atomic E-state index is 10.2. The van der Waals surface area contributed by atoms with E-state index >= 15 is 0 Å². The van der Waals surface area contributed by atoms with Crippen LogP contribution in [0.3, 0.4) is 0 Å². The van der Waals surface area contributed by atoms with E-state index in [1.165, 1.54) is 45.6 Å². The van der Waals surface area contributed by atoms with Gasteiger partial charge in [0.05, 0.1) is 7.11 Å². The monoisotopic (exact) mass is 428 g/mol. The molecular weight excluding hydrogens is 392 g/mol. The van der Waals surface area contributed by atoms with Crippen molar-refractivity contribution in [3.8, 4) is 0 Å². The number of carboxylic acids is 1. The molecule has 0 saturated carbocycles. The van der Waals surface area contributed by atoms with E-state index in [9.17, 15) is 14.7 Å². The van der Waals surface area contributed by atoms with Gasteiger partial charge in [0.1, 0.15) is 0 Å². The molecule has 0 rings (SSSR count). The van der Waals surface area contributed by atoms with Gasteiger partial charge >= 0.3 is 23.0 Å². The maximum Gasteiger partial charge on any atom is 1.00 e. The Kier molecular flexibility index (Phi) is 30.3. The first-order valence-corrected chi connectivity index (χ1v) is 9.78. The summed E-state index contributed by atoms with van der Waals surface area (Å²) in [6.45, 7) is 5.39. The number of esters is 1. The molecule has 0 bridgehead atoms. The summed E-state index contributed by atoms with van der Waals surface area (Å²) >= 11 is 0. The number of carboxylic acid groups (broad SMARTS) is 1. The van der Waals surface area contributed by atoms with Crippen molar-refractivity contribution >= 4 is 11.9 Å². The molecule has 0 aromatic heterocycles. The van der Waals surface area contributed by atoms with Gasteiger partial charge in [0.15, 0.2) is 0 Å². The number of unbranched alkanes of at least 4 members (excludes halogenated alkanes) is 8. The van der Waals surface area contributed by atoms with Gasteiger partial charge in [-0.3, -0.25) is 0 Å². The van der Waals surface area contributed by atoms with Crippen molar-refractivity contribution in [1.29, 1.82) is 0 Å². The minimum atomic E-state index is -0.921. The molecule has 0 heterocycles. The van der Waals surface area contributed by atoms with Gasteiger partial charge in [-0.05, 0) is 44.9 Å². The standard InChI is InChI=1S/C18H32O2.C4H6O2.Cu/c1-2-3-4-5-6-7-8-9-10-11-12-13-14-15-16-17-18(19)20;1-3-4(5)6-2;/h6-7,9-10H,2-5,8,11-17H2,1H3,(H,19,20);3H,1H2,2H3;/q;;+1/p-1/b7-6-,10-9-;;. The number of allylic oxidation sites excluding steroid dienone is 4. The predicted molar refractivity (Wildman–Crippen MR) is 107 cm³/mol. The minimum absolute atomic E-state index is 0. The number of aliphatic carboxylic acids is 1. The van der Waals surface area contributed by atoms with Crippen LogP contribution in [0.15, 0.2) is 37.0 Å². The van der Waals surface area contributed by atoms with E-state index in [1.54, 1.807) is 0 Å². The second kappa shape index (κ2) is 26.9. The number of hydrogen-bond acceptors (Lipinski definition) is 4. The molecule has 0 aromatic carbocycles. The summed E-state index contributed by atoms with van der Waals surface area (Å²) in [4.78, 5) is 20.0. The average molecular weight is 429 g/mol. The minimum Gasteiger partial charge on any atom is -0.550 e. The SMILES string of the molecule is C=CC(=O)OC.CCCCC/C=C\C/C=C\CCCCCCCC(=O)[O-].[Cu+]. The van der Waals surface area contributed by atoms with Crippen molar-refractivity contribution in [3.05, 3.63) is 37.0 Å². The first-order chi connectivity index (χ1) is 12.6. The van der Waals surface area contributed by atoms with Crippen LogP contribution in [0.1, 0.15) is 84.0 Å². The third-order valence-corrected chi connectivity index (χ3v) is 3.70. The summed E-state index contributed by atoms with van der Waals surface area (Å²) in [5.74, 6) is -1.31. The molecule has 0 aliphatic rings. The molecule has 27 heavy (non-hydrogen) atoms.